The summed E-state index contributed by atoms with van der Waals surface area (Å²) in [4.78, 5) is 12.7. The monoisotopic (exact) mass is 344 g/mol. The molecule has 25 heavy (non-hydrogen) atoms. The summed E-state index contributed by atoms with van der Waals surface area (Å²) in [7, 11) is 0. The van der Waals surface area contributed by atoms with Gasteiger partial charge >= 0.3 is 5.97 Å². The molecule has 1 aliphatic heterocycles. The van der Waals surface area contributed by atoms with Crippen molar-refractivity contribution in [2.45, 2.75) is 34.3 Å². The largest absolute Gasteiger partial charge is 0.508 e. The molecule has 2 N–H and O–H groups in total. The third-order valence-electron chi connectivity index (χ3n) is 4.25. The molecule has 1 heterocycles. The molecule has 0 amide bonds. The minimum Gasteiger partial charge on any atom is -0.508 e. The zero-order valence-corrected chi connectivity index (χ0v) is 14.6. The van der Waals surface area contributed by atoms with E-state index in [2.05, 4.69) is 0 Å². The van der Waals surface area contributed by atoms with Gasteiger partial charge in [-0.2, -0.15) is 0 Å². The zero-order valence-electron chi connectivity index (χ0n) is 14.6. The van der Waals surface area contributed by atoms with Gasteiger partial charge in [0.1, 0.15) is 17.1 Å². The molecule has 0 unspecified atom stereocenters. The van der Waals surface area contributed by atoms with Crippen LogP contribution in [0.2, 0.25) is 0 Å². The van der Waals surface area contributed by atoms with Crippen molar-refractivity contribution < 1.29 is 29.2 Å². The highest BCUT2D eigenvalue weighted by Gasteiger charge is 2.31. The summed E-state index contributed by atoms with van der Waals surface area (Å²) in [6, 6.07) is 3.04. The van der Waals surface area contributed by atoms with Gasteiger partial charge in [-0.3, -0.25) is 0 Å². The molecule has 0 bridgehead atoms. The first-order valence-electron chi connectivity index (χ1n) is 8.01. The van der Waals surface area contributed by atoms with Crippen LogP contribution in [-0.4, -0.2) is 22.8 Å². The molecule has 0 atom stereocenters. The number of benzene rings is 2. The molecule has 0 saturated carbocycles. The lowest BCUT2D eigenvalue weighted by atomic mass is 10.0. The second-order valence-corrected chi connectivity index (χ2v) is 6.02. The van der Waals surface area contributed by atoms with Crippen molar-refractivity contribution in [2.24, 2.45) is 0 Å². The summed E-state index contributed by atoms with van der Waals surface area (Å²) in [5.74, 6) is 0.159. The van der Waals surface area contributed by atoms with E-state index in [0.29, 0.717) is 34.6 Å². The van der Waals surface area contributed by atoms with E-state index in [1.165, 1.54) is 6.07 Å². The highest BCUT2D eigenvalue weighted by molar-refractivity contribution is 5.98. The van der Waals surface area contributed by atoms with Gasteiger partial charge in [-0.25, -0.2) is 4.79 Å². The van der Waals surface area contributed by atoms with Crippen LogP contribution in [0.3, 0.4) is 0 Å². The molecule has 0 radical (unpaired) electrons. The van der Waals surface area contributed by atoms with Gasteiger partial charge in [0, 0.05) is 12.2 Å². The Morgan fingerprint density at radius 2 is 1.64 bits per heavy atom. The van der Waals surface area contributed by atoms with Crippen LogP contribution in [0.5, 0.6) is 28.7 Å². The highest BCUT2D eigenvalue weighted by Crippen LogP contribution is 2.48. The van der Waals surface area contributed by atoms with Gasteiger partial charge < -0.3 is 24.4 Å². The van der Waals surface area contributed by atoms with E-state index in [1.54, 1.807) is 26.8 Å². The Morgan fingerprint density at radius 3 is 2.32 bits per heavy atom. The van der Waals surface area contributed by atoms with Crippen LogP contribution in [-0.2, 0) is 11.3 Å². The summed E-state index contributed by atoms with van der Waals surface area (Å²) in [6.07, 6.45) is 0. The second kappa shape index (κ2) is 6.29. The van der Waals surface area contributed by atoms with Gasteiger partial charge in [-0.05, 0) is 51.0 Å². The maximum absolute atomic E-state index is 12.7. The standard InChI is InChI=1S/C19H20O6/c1-5-23-8-12-14(21)6-9(2)15-18(12)24-16-10(3)7-13(20)11(4)17(16)25-19(15)22/h6-7,20-21H,5,8H2,1-4H3. The smallest absolute Gasteiger partial charge is 0.347 e. The van der Waals surface area contributed by atoms with Crippen LogP contribution < -0.4 is 9.47 Å². The molecular weight excluding hydrogens is 324 g/mol. The molecule has 6 heteroatoms. The SMILES string of the molecule is CCOCc1c(O)cc(C)c2c1Oc1c(C)cc(O)c(C)c1OC2=O. The van der Waals surface area contributed by atoms with Crippen LogP contribution in [0.25, 0.3) is 0 Å². The second-order valence-electron chi connectivity index (χ2n) is 6.02. The predicted molar refractivity (Wildman–Crippen MR) is 90.8 cm³/mol. The fourth-order valence-corrected chi connectivity index (χ4v) is 2.86. The van der Waals surface area contributed by atoms with Gasteiger partial charge in [0.15, 0.2) is 17.2 Å². The van der Waals surface area contributed by atoms with Gasteiger partial charge in [0.05, 0.1) is 12.2 Å². The molecule has 3 rings (SSSR count). The number of aromatic hydroxyl groups is 2. The van der Waals surface area contributed by atoms with Crippen LogP contribution in [0.1, 0.15) is 39.5 Å². The molecule has 1 aliphatic rings. The number of fused-ring (bicyclic) bond motifs is 2. The van der Waals surface area contributed by atoms with E-state index >= 15 is 0 Å². The maximum atomic E-state index is 12.7. The Balaban J connectivity index is 2.27. The van der Waals surface area contributed by atoms with Crippen molar-refractivity contribution in [3.8, 4) is 28.7 Å². The minimum atomic E-state index is -0.600. The Bertz CT molecular complexity index is 869. The summed E-state index contributed by atoms with van der Waals surface area (Å²) < 4.78 is 17.0. The lowest BCUT2D eigenvalue weighted by molar-refractivity contribution is 0.0735. The zero-order chi connectivity index (χ0) is 18.3. The Morgan fingerprint density at radius 1 is 0.960 bits per heavy atom. The molecule has 0 aromatic heterocycles. The average Bonchev–Trinajstić information content (AvgIpc) is 2.70. The number of aryl methyl sites for hydroxylation is 2. The van der Waals surface area contributed by atoms with E-state index < -0.39 is 5.97 Å². The van der Waals surface area contributed by atoms with Crippen LogP contribution in [0, 0.1) is 20.8 Å². The molecule has 0 aliphatic carbocycles. The topological polar surface area (TPSA) is 85.2 Å². The van der Waals surface area contributed by atoms with E-state index in [-0.39, 0.29) is 35.2 Å². The first-order chi connectivity index (χ1) is 11.8. The summed E-state index contributed by atoms with van der Waals surface area (Å²) in [5.41, 5.74) is 2.18. The third kappa shape index (κ3) is 2.78. The molecule has 6 nitrogen and oxygen atoms in total. The maximum Gasteiger partial charge on any atom is 0.347 e. The number of carbonyl (C=O) groups is 1. The summed E-state index contributed by atoms with van der Waals surface area (Å²) in [6.45, 7) is 7.48. The number of phenols is 2. The molecule has 0 fully saturated rings. The van der Waals surface area contributed by atoms with E-state index in [4.69, 9.17) is 14.2 Å². The van der Waals surface area contributed by atoms with Crippen molar-refractivity contribution in [2.75, 3.05) is 6.61 Å². The molecular formula is C19H20O6. The van der Waals surface area contributed by atoms with Crippen molar-refractivity contribution >= 4 is 5.97 Å². The van der Waals surface area contributed by atoms with Gasteiger partial charge in [0.2, 0.25) is 0 Å². The molecule has 0 saturated heterocycles. The number of carbonyl (C=O) groups excluding carboxylic acids is 1. The van der Waals surface area contributed by atoms with Crippen LogP contribution >= 0.6 is 0 Å². The minimum absolute atomic E-state index is 0.00546. The van der Waals surface area contributed by atoms with Gasteiger partial charge in [0.25, 0.3) is 0 Å². The molecule has 2 aromatic rings. The Kier molecular flexibility index (Phi) is 4.30. The van der Waals surface area contributed by atoms with Gasteiger partial charge in [-0.15, -0.1) is 0 Å². The normalized spacial score (nSPS) is 12.7. The van der Waals surface area contributed by atoms with Crippen LogP contribution in [0.4, 0.5) is 0 Å². The fraction of sp³-hybridized carbons (Fsp3) is 0.316. The summed E-state index contributed by atoms with van der Waals surface area (Å²) >= 11 is 0. The Labute approximate surface area is 145 Å². The molecule has 2 aromatic carbocycles. The number of hydrogen-bond donors (Lipinski definition) is 2. The first-order valence-corrected chi connectivity index (χ1v) is 8.01. The van der Waals surface area contributed by atoms with E-state index in [9.17, 15) is 15.0 Å². The lowest BCUT2D eigenvalue weighted by Crippen LogP contribution is -2.11. The number of phenolic OH excluding ortho intramolecular Hbond substituents is 2. The first kappa shape index (κ1) is 17.1. The van der Waals surface area contributed by atoms with Crippen molar-refractivity contribution in [3.63, 3.8) is 0 Å². The lowest BCUT2D eigenvalue weighted by Gasteiger charge is -2.16. The fourth-order valence-electron chi connectivity index (χ4n) is 2.86. The average molecular weight is 344 g/mol. The third-order valence-corrected chi connectivity index (χ3v) is 4.25. The van der Waals surface area contributed by atoms with E-state index in [1.807, 2.05) is 6.92 Å². The number of rotatable bonds is 3. The Hall–Kier alpha value is -2.73. The number of esters is 1. The predicted octanol–water partition coefficient (Wildman–Crippen LogP) is 3.88. The summed E-state index contributed by atoms with van der Waals surface area (Å²) in [5, 5.41) is 20.3. The quantitative estimate of drug-likeness (QED) is 0.649. The van der Waals surface area contributed by atoms with Crippen molar-refractivity contribution in [1.29, 1.82) is 0 Å². The highest BCUT2D eigenvalue weighted by atomic mass is 16.6. The molecule has 132 valence electrons. The van der Waals surface area contributed by atoms with Crippen molar-refractivity contribution in [3.05, 3.63) is 39.9 Å². The molecule has 0 spiro atoms. The van der Waals surface area contributed by atoms with Crippen LogP contribution in [0.15, 0.2) is 12.1 Å². The van der Waals surface area contributed by atoms with Gasteiger partial charge in [-0.1, -0.05) is 0 Å². The van der Waals surface area contributed by atoms with E-state index in [0.717, 1.165) is 0 Å². The number of ether oxygens (including phenoxy) is 3. The van der Waals surface area contributed by atoms with Crippen molar-refractivity contribution in [1.82, 2.24) is 0 Å². The number of hydrogen-bond acceptors (Lipinski definition) is 6.